The van der Waals surface area contributed by atoms with Gasteiger partial charge in [-0.25, -0.2) is 0 Å². The highest BCUT2D eigenvalue weighted by atomic mass is 16.1. The Hall–Kier alpha value is -2.66. The van der Waals surface area contributed by atoms with Gasteiger partial charge in [-0.05, 0) is 25.6 Å². The zero-order chi connectivity index (χ0) is 16.6. The van der Waals surface area contributed by atoms with Crippen molar-refractivity contribution < 1.29 is 9.59 Å². The van der Waals surface area contributed by atoms with Gasteiger partial charge in [-0.2, -0.15) is 0 Å². The van der Waals surface area contributed by atoms with Crippen molar-refractivity contribution in [2.45, 2.75) is 19.5 Å². The van der Waals surface area contributed by atoms with Crippen LogP contribution in [0.25, 0.3) is 0 Å². The molecule has 3 rings (SSSR count). The first-order chi connectivity index (χ1) is 11.1. The zero-order valence-electron chi connectivity index (χ0n) is 13.1. The maximum absolute atomic E-state index is 12.9. The third-order valence-electron chi connectivity index (χ3n) is 4.19. The number of nitrogen functional groups attached to an aromatic ring is 1. The maximum Gasteiger partial charge on any atom is 0.196 e. The fourth-order valence-corrected chi connectivity index (χ4v) is 2.93. The van der Waals surface area contributed by atoms with Crippen molar-refractivity contribution in [2.75, 3.05) is 18.1 Å². The molecule has 2 aromatic rings. The van der Waals surface area contributed by atoms with E-state index in [2.05, 4.69) is 10.6 Å². The Morgan fingerprint density at radius 2 is 1.61 bits per heavy atom. The number of benzene rings is 2. The van der Waals surface area contributed by atoms with Gasteiger partial charge in [0.15, 0.2) is 11.6 Å². The highest BCUT2D eigenvalue weighted by molar-refractivity contribution is 6.31. The second-order valence-corrected chi connectivity index (χ2v) is 5.55. The van der Waals surface area contributed by atoms with Crippen molar-refractivity contribution in [3.8, 4) is 0 Å². The van der Waals surface area contributed by atoms with E-state index in [0.717, 1.165) is 6.42 Å². The van der Waals surface area contributed by atoms with E-state index in [1.807, 2.05) is 14.0 Å². The summed E-state index contributed by atoms with van der Waals surface area (Å²) >= 11 is 0. The number of carbonyl (C=O) groups excluding carboxylic acids is 2. The molecule has 1 aliphatic carbocycles. The summed E-state index contributed by atoms with van der Waals surface area (Å²) in [6.07, 6.45) is 0.830. The van der Waals surface area contributed by atoms with E-state index < -0.39 is 0 Å². The van der Waals surface area contributed by atoms with Crippen molar-refractivity contribution in [2.24, 2.45) is 0 Å². The molecule has 118 valence electrons. The Morgan fingerprint density at radius 1 is 1.00 bits per heavy atom. The predicted octanol–water partition coefficient (Wildman–Crippen LogP) is 2.41. The van der Waals surface area contributed by atoms with E-state index in [0.29, 0.717) is 33.6 Å². The molecule has 0 fully saturated rings. The van der Waals surface area contributed by atoms with Gasteiger partial charge in [0.25, 0.3) is 0 Å². The highest BCUT2D eigenvalue weighted by Crippen LogP contribution is 2.35. The number of hydrogen-bond acceptors (Lipinski definition) is 5. The van der Waals surface area contributed by atoms with Crippen LogP contribution in [0.3, 0.4) is 0 Å². The number of fused-ring (bicyclic) bond motifs is 2. The molecule has 4 N–H and O–H groups in total. The number of hydrogen-bond donors (Lipinski definition) is 3. The molecule has 2 aromatic carbocycles. The Labute approximate surface area is 134 Å². The van der Waals surface area contributed by atoms with Crippen molar-refractivity contribution >= 4 is 22.9 Å². The Kier molecular flexibility index (Phi) is 3.88. The average molecular weight is 309 g/mol. The topological polar surface area (TPSA) is 84.2 Å². The van der Waals surface area contributed by atoms with E-state index in [1.165, 1.54) is 0 Å². The first kappa shape index (κ1) is 15.2. The first-order valence-electron chi connectivity index (χ1n) is 7.63. The number of nitrogens with one attached hydrogen (secondary N) is 2. The number of nitrogens with two attached hydrogens (primary N) is 1. The zero-order valence-corrected chi connectivity index (χ0v) is 13.1. The predicted molar refractivity (Wildman–Crippen MR) is 90.9 cm³/mol. The van der Waals surface area contributed by atoms with E-state index in [9.17, 15) is 9.59 Å². The summed E-state index contributed by atoms with van der Waals surface area (Å²) in [5, 5.41) is 6.40. The van der Waals surface area contributed by atoms with E-state index >= 15 is 0 Å². The summed E-state index contributed by atoms with van der Waals surface area (Å²) in [5.74, 6) is -0.371. The van der Waals surface area contributed by atoms with Crippen LogP contribution in [-0.2, 0) is 0 Å². The molecule has 23 heavy (non-hydrogen) atoms. The van der Waals surface area contributed by atoms with Gasteiger partial charge in [0.2, 0.25) is 0 Å². The molecule has 0 aromatic heterocycles. The molecule has 0 amide bonds. The van der Waals surface area contributed by atoms with Crippen LogP contribution in [0, 0.1) is 0 Å². The van der Waals surface area contributed by atoms with Gasteiger partial charge in [0.05, 0.1) is 17.3 Å². The van der Waals surface area contributed by atoms with Gasteiger partial charge in [-0.15, -0.1) is 0 Å². The summed E-state index contributed by atoms with van der Waals surface area (Å²) < 4.78 is 0. The molecule has 0 spiro atoms. The molecule has 0 aliphatic heterocycles. The molecule has 1 aliphatic rings. The molecule has 0 bridgehead atoms. The normalized spacial score (nSPS) is 14.2. The summed E-state index contributed by atoms with van der Waals surface area (Å²) in [6, 6.07) is 10.3. The lowest BCUT2D eigenvalue weighted by atomic mass is 9.82. The largest absolute Gasteiger partial charge is 0.398 e. The van der Waals surface area contributed by atoms with Crippen molar-refractivity contribution in [1.82, 2.24) is 5.32 Å². The minimum absolute atomic E-state index is 0.00259. The standard InChI is InChI=1S/C18H19N3O2/c1-3-14(20-2)21-13-9-8-12(19)15-16(13)18(23)11-7-5-4-6-10(11)17(15)22/h4-9,14,20-21H,3,19H2,1-2H3. The first-order valence-corrected chi connectivity index (χ1v) is 7.63. The molecule has 0 saturated carbocycles. The van der Waals surface area contributed by atoms with Gasteiger partial charge in [-0.3, -0.25) is 9.59 Å². The summed E-state index contributed by atoms with van der Waals surface area (Å²) in [7, 11) is 1.84. The Bertz CT molecular complexity index is 795. The number of rotatable bonds is 4. The molecule has 1 atom stereocenters. The molecule has 0 radical (unpaired) electrons. The van der Waals surface area contributed by atoms with Crippen LogP contribution in [0.1, 0.15) is 45.2 Å². The minimum atomic E-state index is -0.200. The second-order valence-electron chi connectivity index (χ2n) is 5.55. The lowest BCUT2D eigenvalue weighted by molar-refractivity contribution is 0.0980. The summed E-state index contributed by atoms with van der Waals surface area (Å²) in [6.45, 7) is 2.03. The van der Waals surface area contributed by atoms with Gasteiger partial charge >= 0.3 is 0 Å². The van der Waals surface area contributed by atoms with Gasteiger partial charge in [-0.1, -0.05) is 31.2 Å². The van der Waals surface area contributed by atoms with E-state index in [4.69, 9.17) is 5.73 Å². The van der Waals surface area contributed by atoms with Crippen LogP contribution in [-0.4, -0.2) is 24.8 Å². The minimum Gasteiger partial charge on any atom is -0.398 e. The Morgan fingerprint density at radius 3 is 2.17 bits per heavy atom. The number of carbonyl (C=O) groups is 2. The van der Waals surface area contributed by atoms with Crippen LogP contribution >= 0.6 is 0 Å². The lowest BCUT2D eigenvalue weighted by Gasteiger charge is -2.25. The smallest absolute Gasteiger partial charge is 0.196 e. The molecule has 5 nitrogen and oxygen atoms in total. The van der Waals surface area contributed by atoms with Gasteiger partial charge < -0.3 is 16.4 Å². The van der Waals surface area contributed by atoms with E-state index in [-0.39, 0.29) is 17.7 Å². The summed E-state index contributed by atoms with van der Waals surface area (Å²) in [5.41, 5.74) is 8.45. The van der Waals surface area contributed by atoms with Gasteiger partial charge in [0, 0.05) is 22.5 Å². The molecular weight excluding hydrogens is 290 g/mol. The maximum atomic E-state index is 12.9. The average Bonchev–Trinajstić information content (AvgIpc) is 2.58. The molecular formula is C18H19N3O2. The molecule has 5 heteroatoms. The molecule has 1 unspecified atom stereocenters. The second kappa shape index (κ2) is 5.85. The monoisotopic (exact) mass is 309 g/mol. The van der Waals surface area contributed by atoms with Crippen molar-refractivity contribution in [3.05, 3.63) is 58.7 Å². The van der Waals surface area contributed by atoms with Crippen LogP contribution in [0.15, 0.2) is 36.4 Å². The van der Waals surface area contributed by atoms with Crippen molar-refractivity contribution in [1.29, 1.82) is 0 Å². The third kappa shape index (κ3) is 2.39. The van der Waals surface area contributed by atoms with Crippen LogP contribution in [0.5, 0.6) is 0 Å². The summed E-state index contributed by atoms with van der Waals surface area (Å²) in [4.78, 5) is 25.7. The quantitative estimate of drug-likeness (QED) is 0.509. The fraction of sp³-hybridized carbons (Fsp3) is 0.222. The van der Waals surface area contributed by atoms with E-state index in [1.54, 1.807) is 36.4 Å². The van der Waals surface area contributed by atoms with Crippen LogP contribution in [0.4, 0.5) is 11.4 Å². The van der Waals surface area contributed by atoms with Gasteiger partial charge in [0.1, 0.15) is 0 Å². The highest BCUT2D eigenvalue weighted by Gasteiger charge is 2.33. The molecule has 0 heterocycles. The lowest BCUT2D eigenvalue weighted by Crippen LogP contribution is -2.34. The van der Waals surface area contributed by atoms with Crippen LogP contribution in [0.2, 0.25) is 0 Å². The fourth-order valence-electron chi connectivity index (χ4n) is 2.93. The molecule has 0 saturated heterocycles. The SMILES string of the molecule is CCC(NC)Nc1ccc(N)c2c1C(=O)c1ccccc1C2=O. The van der Waals surface area contributed by atoms with Crippen molar-refractivity contribution in [3.63, 3.8) is 0 Å². The number of anilines is 2. The van der Waals surface area contributed by atoms with Crippen LogP contribution < -0.4 is 16.4 Å². The third-order valence-corrected chi connectivity index (χ3v) is 4.19. The number of ketones is 2. The Balaban J connectivity index is 2.19.